The van der Waals surface area contributed by atoms with Crippen molar-refractivity contribution in [2.24, 2.45) is 11.8 Å². The van der Waals surface area contributed by atoms with E-state index < -0.39 is 0 Å². The van der Waals surface area contributed by atoms with Crippen LogP contribution in [0.3, 0.4) is 0 Å². The molecule has 1 aromatic carbocycles. The van der Waals surface area contributed by atoms with E-state index in [0.717, 1.165) is 5.69 Å². The first-order valence-corrected chi connectivity index (χ1v) is 8.75. The van der Waals surface area contributed by atoms with Gasteiger partial charge in [-0.05, 0) is 37.8 Å². The molecule has 3 rings (SSSR count). The summed E-state index contributed by atoms with van der Waals surface area (Å²) in [6.07, 6.45) is 6.09. The third kappa shape index (κ3) is 4.12. The van der Waals surface area contributed by atoms with Gasteiger partial charge in [0.2, 0.25) is 11.8 Å². The van der Waals surface area contributed by atoms with E-state index in [0.29, 0.717) is 31.8 Å². The van der Waals surface area contributed by atoms with Gasteiger partial charge in [0.1, 0.15) is 0 Å². The monoisotopic (exact) mass is 314 g/mol. The average molecular weight is 314 g/mol. The number of anilines is 1. The summed E-state index contributed by atoms with van der Waals surface area (Å²) in [5, 5.41) is 3.04. The number of rotatable bonds is 5. The minimum atomic E-state index is 0.151. The molecule has 1 aliphatic heterocycles. The standard InChI is InChI=1S/C19H26N2O2/c1-14-6-8-17(9-7-14)21-13-16(11-19(21)23)12-20-18(22)10-15-4-2-3-5-15/h6-9,15-16H,2-5,10-13H2,1H3,(H,20,22)/t16-/m1/s1. The van der Waals surface area contributed by atoms with Gasteiger partial charge in [0, 0.05) is 37.5 Å². The summed E-state index contributed by atoms with van der Waals surface area (Å²) in [5.41, 5.74) is 2.15. The highest BCUT2D eigenvalue weighted by atomic mass is 16.2. The van der Waals surface area contributed by atoms with Crippen LogP contribution in [0.25, 0.3) is 0 Å². The van der Waals surface area contributed by atoms with Crippen molar-refractivity contribution in [3.05, 3.63) is 29.8 Å². The Morgan fingerprint density at radius 2 is 1.87 bits per heavy atom. The zero-order valence-corrected chi connectivity index (χ0v) is 13.9. The Kier molecular flexibility index (Phi) is 4.99. The van der Waals surface area contributed by atoms with E-state index in [2.05, 4.69) is 5.32 Å². The summed E-state index contributed by atoms with van der Waals surface area (Å²) in [6, 6.07) is 8.04. The molecule has 1 heterocycles. The lowest BCUT2D eigenvalue weighted by molar-refractivity contribution is -0.122. The van der Waals surface area contributed by atoms with Gasteiger partial charge in [-0.3, -0.25) is 9.59 Å². The number of benzene rings is 1. The maximum atomic E-state index is 12.2. The van der Waals surface area contributed by atoms with Crippen molar-refractivity contribution in [1.29, 1.82) is 0 Å². The second-order valence-corrected chi connectivity index (χ2v) is 7.07. The van der Waals surface area contributed by atoms with Gasteiger partial charge in [-0.15, -0.1) is 0 Å². The van der Waals surface area contributed by atoms with Crippen molar-refractivity contribution in [3.63, 3.8) is 0 Å². The first kappa shape index (κ1) is 16.0. The number of hydrogen-bond donors (Lipinski definition) is 1. The van der Waals surface area contributed by atoms with Crippen LogP contribution in [0.2, 0.25) is 0 Å². The molecule has 0 aromatic heterocycles. The third-order valence-corrected chi connectivity index (χ3v) is 5.09. The summed E-state index contributed by atoms with van der Waals surface area (Å²) in [7, 11) is 0. The lowest BCUT2D eigenvalue weighted by Gasteiger charge is -2.17. The molecule has 0 spiro atoms. The second-order valence-electron chi connectivity index (χ2n) is 7.07. The molecule has 1 N–H and O–H groups in total. The molecule has 124 valence electrons. The average Bonchev–Trinajstić information content (AvgIpc) is 3.16. The molecular weight excluding hydrogens is 288 g/mol. The van der Waals surface area contributed by atoms with Crippen molar-refractivity contribution in [3.8, 4) is 0 Å². The Morgan fingerprint density at radius 3 is 2.57 bits per heavy atom. The predicted octanol–water partition coefficient (Wildman–Crippen LogP) is 3.04. The molecule has 0 bridgehead atoms. The quantitative estimate of drug-likeness (QED) is 0.908. The number of aryl methyl sites for hydroxylation is 1. The molecule has 2 fully saturated rings. The van der Waals surface area contributed by atoms with Gasteiger partial charge in [0.05, 0.1) is 0 Å². The molecule has 2 aliphatic rings. The van der Waals surface area contributed by atoms with E-state index in [4.69, 9.17) is 0 Å². The Hall–Kier alpha value is -1.84. The molecule has 0 radical (unpaired) electrons. The molecule has 1 aromatic rings. The fourth-order valence-corrected chi connectivity index (χ4v) is 3.70. The Morgan fingerprint density at radius 1 is 1.17 bits per heavy atom. The van der Waals surface area contributed by atoms with Crippen LogP contribution >= 0.6 is 0 Å². The van der Waals surface area contributed by atoms with Gasteiger partial charge in [-0.2, -0.15) is 0 Å². The molecule has 1 atom stereocenters. The van der Waals surface area contributed by atoms with Crippen LogP contribution in [0.4, 0.5) is 5.69 Å². The highest BCUT2D eigenvalue weighted by molar-refractivity contribution is 5.95. The van der Waals surface area contributed by atoms with E-state index in [1.54, 1.807) is 0 Å². The fourth-order valence-electron chi connectivity index (χ4n) is 3.70. The van der Waals surface area contributed by atoms with Gasteiger partial charge in [0.15, 0.2) is 0 Å². The molecular formula is C19H26N2O2. The van der Waals surface area contributed by atoms with Crippen molar-refractivity contribution < 1.29 is 9.59 Å². The number of carbonyl (C=O) groups excluding carboxylic acids is 2. The number of nitrogens with one attached hydrogen (secondary N) is 1. The predicted molar refractivity (Wildman–Crippen MR) is 91.2 cm³/mol. The van der Waals surface area contributed by atoms with Crippen LogP contribution in [-0.4, -0.2) is 24.9 Å². The molecule has 1 saturated heterocycles. The lowest BCUT2D eigenvalue weighted by atomic mass is 10.0. The van der Waals surface area contributed by atoms with Gasteiger partial charge in [-0.25, -0.2) is 0 Å². The number of amides is 2. The van der Waals surface area contributed by atoms with E-state index in [1.807, 2.05) is 36.1 Å². The van der Waals surface area contributed by atoms with Crippen LogP contribution in [0.1, 0.15) is 44.1 Å². The zero-order chi connectivity index (χ0) is 16.2. The van der Waals surface area contributed by atoms with Crippen LogP contribution in [0.15, 0.2) is 24.3 Å². The van der Waals surface area contributed by atoms with E-state index in [-0.39, 0.29) is 17.7 Å². The zero-order valence-electron chi connectivity index (χ0n) is 13.9. The first-order chi connectivity index (χ1) is 11.1. The summed E-state index contributed by atoms with van der Waals surface area (Å²) in [6.45, 7) is 3.35. The topological polar surface area (TPSA) is 49.4 Å². The van der Waals surface area contributed by atoms with Gasteiger partial charge >= 0.3 is 0 Å². The second kappa shape index (κ2) is 7.16. The summed E-state index contributed by atoms with van der Waals surface area (Å²) in [5.74, 6) is 1.10. The minimum absolute atomic E-state index is 0.151. The lowest BCUT2D eigenvalue weighted by Crippen LogP contribution is -2.32. The third-order valence-electron chi connectivity index (χ3n) is 5.09. The molecule has 4 heteroatoms. The van der Waals surface area contributed by atoms with E-state index in [1.165, 1.54) is 31.2 Å². The Balaban J connectivity index is 1.47. The maximum absolute atomic E-state index is 12.2. The molecule has 1 aliphatic carbocycles. The fraction of sp³-hybridized carbons (Fsp3) is 0.579. The maximum Gasteiger partial charge on any atom is 0.227 e. The van der Waals surface area contributed by atoms with Gasteiger partial charge < -0.3 is 10.2 Å². The van der Waals surface area contributed by atoms with E-state index >= 15 is 0 Å². The smallest absolute Gasteiger partial charge is 0.227 e. The largest absolute Gasteiger partial charge is 0.356 e. The highest BCUT2D eigenvalue weighted by Crippen LogP contribution is 2.28. The van der Waals surface area contributed by atoms with Crippen LogP contribution in [-0.2, 0) is 9.59 Å². The number of hydrogen-bond acceptors (Lipinski definition) is 2. The summed E-state index contributed by atoms with van der Waals surface area (Å²) < 4.78 is 0. The summed E-state index contributed by atoms with van der Waals surface area (Å²) >= 11 is 0. The number of nitrogens with zero attached hydrogens (tertiary/aromatic N) is 1. The van der Waals surface area contributed by atoms with Gasteiger partial charge in [-0.1, -0.05) is 30.5 Å². The molecule has 0 unspecified atom stereocenters. The van der Waals surface area contributed by atoms with Crippen LogP contribution < -0.4 is 10.2 Å². The number of carbonyl (C=O) groups is 2. The SMILES string of the molecule is Cc1ccc(N2C[C@@H](CNC(=O)CC3CCCC3)CC2=O)cc1. The van der Waals surface area contributed by atoms with E-state index in [9.17, 15) is 9.59 Å². The first-order valence-electron chi connectivity index (χ1n) is 8.75. The normalized spacial score (nSPS) is 21.9. The highest BCUT2D eigenvalue weighted by Gasteiger charge is 2.30. The van der Waals surface area contributed by atoms with Crippen molar-refractivity contribution in [1.82, 2.24) is 5.32 Å². The Labute approximate surface area is 138 Å². The molecule has 4 nitrogen and oxygen atoms in total. The van der Waals surface area contributed by atoms with Crippen molar-refractivity contribution in [2.45, 2.75) is 45.4 Å². The minimum Gasteiger partial charge on any atom is -0.356 e. The van der Waals surface area contributed by atoms with Crippen LogP contribution in [0, 0.1) is 18.8 Å². The Bertz CT molecular complexity index is 561. The van der Waals surface area contributed by atoms with Crippen molar-refractivity contribution >= 4 is 17.5 Å². The molecule has 1 saturated carbocycles. The summed E-state index contributed by atoms with van der Waals surface area (Å²) in [4.78, 5) is 26.1. The molecule has 2 amide bonds. The van der Waals surface area contributed by atoms with Crippen molar-refractivity contribution in [2.75, 3.05) is 18.0 Å². The molecule has 23 heavy (non-hydrogen) atoms. The van der Waals surface area contributed by atoms with Crippen LogP contribution in [0.5, 0.6) is 0 Å². The van der Waals surface area contributed by atoms with Gasteiger partial charge in [0.25, 0.3) is 0 Å².